The Hall–Kier alpha value is -0.980. The van der Waals surface area contributed by atoms with E-state index in [-0.39, 0.29) is 0 Å². The van der Waals surface area contributed by atoms with Crippen molar-refractivity contribution in [2.24, 2.45) is 0 Å². The number of para-hydroxylation sites is 1. The largest absolute Gasteiger partial charge is 0.399 e. The van der Waals surface area contributed by atoms with E-state index in [1.807, 2.05) is 13.8 Å². The summed E-state index contributed by atoms with van der Waals surface area (Å²) < 4.78 is 7.06. The maximum Gasteiger partial charge on any atom is 0.0623 e. The molecule has 50 valence electrons. The maximum atomic E-state index is 7.06. The minimum atomic E-state index is 0.463. The molecule has 1 heteroatoms. The summed E-state index contributed by atoms with van der Waals surface area (Å²) in [6.45, 7) is 4.00. The predicted molar refractivity (Wildman–Crippen MR) is 42.2 cm³/mol. The van der Waals surface area contributed by atoms with Crippen LogP contribution < -0.4 is 5.73 Å². The Balaban J connectivity index is 0.000000371. The van der Waals surface area contributed by atoms with Gasteiger partial charge in [-0.2, -0.15) is 0 Å². The van der Waals surface area contributed by atoms with Crippen molar-refractivity contribution in [3.63, 3.8) is 0 Å². The van der Waals surface area contributed by atoms with Crippen LogP contribution in [-0.4, -0.2) is 0 Å². The van der Waals surface area contributed by atoms with E-state index in [2.05, 4.69) is 0 Å². The average molecular weight is 124 g/mol. The van der Waals surface area contributed by atoms with Crippen molar-refractivity contribution in [1.29, 1.82) is 0 Å². The van der Waals surface area contributed by atoms with Gasteiger partial charge in [0.1, 0.15) is 0 Å². The SMILES string of the molecule is CC.[2H]c1cccc(N)c1. The molecular weight excluding hydrogens is 110 g/mol. The zero-order valence-corrected chi connectivity index (χ0v) is 5.89. The summed E-state index contributed by atoms with van der Waals surface area (Å²) in [5.41, 5.74) is 5.99. The fourth-order valence-electron chi connectivity index (χ4n) is 0.407. The molecule has 0 saturated carbocycles. The van der Waals surface area contributed by atoms with Gasteiger partial charge >= 0.3 is 0 Å². The highest BCUT2D eigenvalue weighted by atomic mass is 14.5. The smallest absolute Gasteiger partial charge is 0.0623 e. The van der Waals surface area contributed by atoms with Crippen LogP contribution in [0.1, 0.15) is 15.2 Å². The molecule has 1 rings (SSSR count). The minimum Gasteiger partial charge on any atom is -0.399 e. The maximum absolute atomic E-state index is 7.06. The van der Waals surface area contributed by atoms with Gasteiger partial charge in [0, 0.05) is 5.69 Å². The highest BCUT2D eigenvalue weighted by Crippen LogP contribution is 1.95. The molecule has 0 aliphatic heterocycles. The van der Waals surface area contributed by atoms with E-state index < -0.39 is 0 Å². The third-order valence-corrected chi connectivity index (χ3v) is 0.731. The molecule has 0 fully saturated rings. The lowest BCUT2D eigenvalue weighted by molar-refractivity contribution is 1.50. The number of rotatable bonds is 0. The van der Waals surface area contributed by atoms with Crippen molar-refractivity contribution < 1.29 is 1.37 Å². The van der Waals surface area contributed by atoms with E-state index >= 15 is 0 Å². The Labute approximate surface area is 57.9 Å². The van der Waals surface area contributed by atoms with E-state index in [0.717, 1.165) is 0 Å². The molecule has 2 N–H and O–H groups in total. The fourth-order valence-corrected chi connectivity index (χ4v) is 0.407. The quantitative estimate of drug-likeness (QED) is 0.527. The Morgan fingerprint density at radius 1 is 1.33 bits per heavy atom. The first kappa shape index (κ1) is 6.14. The second-order valence-electron chi connectivity index (χ2n) is 1.34. The first-order valence-electron chi connectivity index (χ1n) is 3.61. The molecule has 0 heterocycles. The summed E-state index contributed by atoms with van der Waals surface area (Å²) in [5, 5.41) is 0. The van der Waals surface area contributed by atoms with Gasteiger partial charge in [0.25, 0.3) is 0 Å². The van der Waals surface area contributed by atoms with Gasteiger partial charge in [0.2, 0.25) is 0 Å². The van der Waals surface area contributed by atoms with E-state index in [9.17, 15) is 0 Å². The molecule has 0 unspecified atom stereocenters. The van der Waals surface area contributed by atoms with Crippen LogP contribution in [-0.2, 0) is 0 Å². The first-order chi connectivity index (χ1) is 4.79. The van der Waals surface area contributed by atoms with E-state index in [0.29, 0.717) is 11.7 Å². The third kappa shape index (κ3) is 3.59. The monoisotopic (exact) mass is 124 g/mol. The molecule has 0 bridgehead atoms. The van der Waals surface area contributed by atoms with Crippen molar-refractivity contribution in [1.82, 2.24) is 0 Å². The van der Waals surface area contributed by atoms with Crippen molar-refractivity contribution in [3.05, 3.63) is 30.3 Å². The average Bonchev–Trinajstić information content (AvgIpc) is 1.91. The number of nitrogens with two attached hydrogens (primary N) is 1. The number of nitrogen functional groups attached to an aromatic ring is 1. The van der Waals surface area contributed by atoms with E-state index in [4.69, 9.17) is 7.10 Å². The molecule has 0 aromatic heterocycles. The summed E-state index contributed by atoms with van der Waals surface area (Å²) in [7, 11) is 0. The fraction of sp³-hybridized carbons (Fsp3) is 0.250. The highest BCUT2D eigenvalue weighted by Gasteiger charge is 1.72. The Morgan fingerprint density at radius 3 is 2.33 bits per heavy atom. The van der Waals surface area contributed by atoms with Crippen molar-refractivity contribution in [2.75, 3.05) is 5.73 Å². The summed E-state index contributed by atoms with van der Waals surface area (Å²) in [6, 6.07) is 7.29. The normalized spacial score (nSPS) is 8.89. The molecule has 0 aliphatic rings. The second-order valence-corrected chi connectivity index (χ2v) is 1.34. The van der Waals surface area contributed by atoms with Gasteiger partial charge in [-0.05, 0) is 12.1 Å². The molecule has 9 heavy (non-hydrogen) atoms. The van der Waals surface area contributed by atoms with Crippen LogP contribution in [0.2, 0.25) is 0 Å². The zero-order chi connectivity index (χ0) is 7.98. The van der Waals surface area contributed by atoms with Crippen LogP contribution in [0.15, 0.2) is 30.3 Å². The number of hydrogen-bond donors (Lipinski definition) is 1. The predicted octanol–water partition coefficient (Wildman–Crippen LogP) is 2.29. The summed E-state index contributed by atoms with van der Waals surface area (Å²) >= 11 is 0. The molecule has 0 amide bonds. The molecule has 0 aliphatic carbocycles. The van der Waals surface area contributed by atoms with Gasteiger partial charge in [0.15, 0.2) is 0 Å². The Morgan fingerprint density at radius 2 is 2.00 bits per heavy atom. The minimum absolute atomic E-state index is 0.463. The molecular formula is C8H13N. The van der Waals surface area contributed by atoms with Crippen molar-refractivity contribution >= 4 is 5.69 Å². The number of benzene rings is 1. The number of hydrogen-bond acceptors (Lipinski definition) is 1. The molecule has 0 atom stereocenters. The third-order valence-electron chi connectivity index (χ3n) is 0.731. The van der Waals surface area contributed by atoms with Gasteiger partial charge in [-0.1, -0.05) is 32.0 Å². The van der Waals surface area contributed by atoms with Crippen LogP contribution in [0.5, 0.6) is 0 Å². The standard InChI is InChI=1S/C6H7N.C2H6/c7-6-4-2-1-3-5-6;1-2/h1-5H,7H2;1-2H3/i2D;. The number of anilines is 1. The molecule has 1 aromatic rings. The molecule has 1 nitrogen and oxygen atoms in total. The summed E-state index contributed by atoms with van der Waals surface area (Å²) in [5.74, 6) is 0. The van der Waals surface area contributed by atoms with Crippen LogP contribution in [0.4, 0.5) is 5.69 Å². The van der Waals surface area contributed by atoms with Gasteiger partial charge < -0.3 is 5.73 Å². The Bertz CT molecular complexity index is 169. The van der Waals surface area contributed by atoms with E-state index in [1.165, 1.54) is 0 Å². The topological polar surface area (TPSA) is 26.0 Å². The van der Waals surface area contributed by atoms with Crippen LogP contribution in [0.25, 0.3) is 0 Å². The summed E-state index contributed by atoms with van der Waals surface area (Å²) in [6.07, 6.45) is 0. The van der Waals surface area contributed by atoms with Gasteiger partial charge in [-0.3, -0.25) is 0 Å². The lowest BCUT2D eigenvalue weighted by Crippen LogP contribution is -1.79. The lowest BCUT2D eigenvalue weighted by Gasteiger charge is -1.83. The highest BCUT2D eigenvalue weighted by molar-refractivity contribution is 5.35. The second kappa shape index (κ2) is 5.16. The first-order valence-corrected chi connectivity index (χ1v) is 3.11. The summed E-state index contributed by atoms with van der Waals surface area (Å²) in [4.78, 5) is 0. The molecule has 0 saturated heterocycles. The molecule has 0 spiro atoms. The van der Waals surface area contributed by atoms with Crippen LogP contribution >= 0.6 is 0 Å². The lowest BCUT2D eigenvalue weighted by atomic mass is 10.3. The van der Waals surface area contributed by atoms with Crippen molar-refractivity contribution in [3.8, 4) is 0 Å². The van der Waals surface area contributed by atoms with Crippen LogP contribution in [0.3, 0.4) is 0 Å². The van der Waals surface area contributed by atoms with E-state index in [1.54, 1.807) is 24.3 Å². The van der Waals surface area contributed by atoms with Gasteiger partial charge in [0.05, 0.1) is 1.37 Å². The zero-order valence-electron chi connectivity index (χ0n) is 6.89. The Kier molecular flexibility index (Phi) is 3.52. The van der Waals surface area contributed by atoms with Crippen molar-refractivity contribution in [2.45, 2.75) is 13.8 Å². The van der Waals surface area contributed by atoms with Crippen LogP contribution in [0, 0.1) is 0 Å². The van der Waals surface area contributed by atoms with Gasteiger partial charge in [-0.25, -0.2) is 0 Å². The van der Waals surface area contributed by atoms with Gasteiger partial charge in [-0.15, -0.1) is 0 Å². The molecule has 0 radical (unpaired) electrons. The molecule has 1 aromatic carbocycles.